The molecule has 2 unspecified atom stereocenters. The predicted molar refractivity (Wildman–Crippen MR) is 73.0 cm³/mol. The fraction of sp³-hybridized carbons (Fsp3) is 0.571. The summed E-state index contributed by atoms with van der Waals surface area (Å²) in [6.45, 7) is 1.96. The first-order valence-electron chi connectivity index (χ1n) is 6.93. The number of nitrogens with zero attached hydrogens (tertiary/aromatic N) is 3. The van der Waals surface area contributed by atoms with Gasteiger partial charge in [-0.3, -0.25) is 0 Å². The quantitative estimate of drug-likeness (QED) is 0.819. The summed E-state index contributed by atoms with van der Waals surface area (Å²) in [5.41, 5.74) is 0.369. The zero-order valence-electron chi connectivity index (χ0n) is 11.0. The maximum absolute atomic E-state index is 10.3. The highest BCUT2D eigenvalue weighted by atomic mass is 16.3. The maximum atomic E-state index is 10.3. The van der Waals surface area contributed by atoms with Crippen molar-refractivity contribution in [3.05, 3.63) is 18.6 Å². The van der Waals surface area contributed by atoms with Crippen LogP contribution < -0.4 is 4.90 Å². The van der Waals surface area contributed by atoms with Gasteiger partial charge in [-0.2, -0.15) is 0 Å². The molecule has 0 aliphatic carbocycles. The monoisotopic (exact) mass is 258 g/mol. The molecule has 2 N–H and O–H groups in total. The lowest BCUT2D eigenvalue weighted by Crippen LogP contribution is -2.50. The molecule has 2 aromatic rings. The van der Waals surface area contributed by atoms with Crippen molar-refractivity contribution in [2.45, 2.75) is 50.3 Å². The van der Waals surface area contributed by atoms with E-state index < -0.39 is 5.60 Å². The largest absolute Gasteiger partial charge is 0.390 e. The predicted octanol–water partition coefficient (Wildman–Crippen LogP) is 1.84. The number of hydrogen-bond acceptors (Lipinski definition) is 4. The number of anilines is 1. The fourth-order valence-electron chi connectivity index (χ4n) is 3.87. The summed E-state index contributed by atoms with van der Waals surface area (Å²) < 4.78 is 0. The van der Waals surface area contributed by atoms with Gasteiger partial charge >= 0.3 is 0 Å². The number of hydrogen-bond donors (Lipinski definition) is 2. The van der Waals surface area contributed by atoms with Gasteiger partial charge in [-0.05, 0) is 38.7 Å². The van der Waals surface area contributed by atoms with Crippen molar-refractivity contribution in [1.29, 1.82) is 0 Å². The molecule has 2 aliphatic rings. The van der Waals surface area contributed by atoms with Gasteiger partial charge in [-0.1, -0.05) is 0 Å². The smallest absolute Gasteiger partial charge is 0.142 e. The summed E-state index contributed by atoms with van der Waals surface area (Å²) in [6.07, 6.45) is 7.50. The molecule has 2 saturated heterocycles. The van der Waals surface area contributed by atoms with Gasteiger partial charge in [0.15, 0.2) is 0 Å². The van der Waals surface area contributed by atoms with E-state index in [1.165, 1.54) is 0 Å². The first-order chi connectivity index (χ1) is 9.14. The zero-order chi connectivity index (χ0) is 13.0. The molecule has 2 aromatic heterocycles. The second kappa shape index (κ2) is 3.70. The lowest BCUT2D eigenvalue weighted by Gasteiger charge is -2.43. The van der Waals surface area contributed by atoms with Gasteiger partial charge in [0.1, 0.15) is 17.8 Å². The van der Waals surface area contributed by atoms with Crippen LogP contribution in [0.15, 0.2) is 18.6 Å². The van der Waals surface area contributed by atoms with Crippen molar-refractivity contribution in [3.8, 4) is 0 Å². The molecule has 0 aromatic carbocycles. The molecule has 0 amide bonds. The average Bonchev–Trinajstić information content (AvgIpc) is 2.92. The summed E-state index contributed by atoms with van der Waals surface area (Å²) in [7, 11) is 0. The molecule has 0 radical (unpaired) electrons. The van der Waals surface area contributed by atoms with Crippen LogP contribution in [0.1, 0.15) is 32.6 Å². The molecule has 19 heavy (non-hydrogen) atoms. The standard InChI is InChI=1S/C14H18N4O/c1-14(19)6-9-2-3-10(7-14)18(9)13-11-4-5-15-12(11)16-8-17-13/h4-5,8-10,19H,2-3,6-7H2,1H3,(H,15,16,17). The second-order valence-electron chi connectivity index (χ2n) is 6.13. The Morgan fingerprint density at radius 1 is 1.32 bits per heavy atom. The highest BCUT2D eigenvalue weighted by Gasteiger charge is 2.46. The molecule has 100 valence electrons. The van der Waals surface area contributed by atoms with Crippen molar-refractivity contribution in [1.82, 2.24) is 15.0 Å². The maximum Gasteiger partial charge on any atom is 0.142 e. The van der Waals surface area contributed by atoms with Gasteiger partial charge < -0.3 is 15.0 Å². The summed E-state index contributed by atoms with van der Waals surface area (Å²) >= 11 is 0. The molecule has 2 fully saturated rings. The third-order valence-corrected chi connectivity index (χ3v) is 4.55. The number of rotatable bonds is 1. The Morgan fingerprint density at radius 3 is 2.79 bits per heavy atom. The Balaban J connectivity index is 1.79. The first-order valence-corrected chi connectivity index (χ1v) is 6.93. The third kappa shape index (κ3) is 1.64. The van der Waals surface area contributed by atoms with E-state index in [0.29, 0.717) is 12.1 Å². The minimum Gasteiger partial charge on any atom is -0.390 e. The lowest BCUT2D eigenvalue weighted by atomic mass is 9.88. The highest BCUT2D eigenvalue weighted by molar-refractivity contribution is 5.87. The van der Waals surface area contributed by atoms with Crippen LogP contribution in [-0.2, 0) is 0 Å². The fourth-order valence-corrected chi connectivity index (χ4v) is 3.87. The third-order valence-electron chi connectivity index (χ3n) is 4.55. The zero-order valence-corrected chi connectivity index (χ0v) is 11.0. The van der Waals surface area contributed by atoms with Crippen molar-refractivity contribution < 1.29 is 5.11 Å². The number of nitrogens with one attached hydrogen (secondary N) is 1. The molecular formula is C14H18N4O. The number of aromatic amines is 1. The van der Waals surface area contributed by atoms with E-state index >= 15 is 0 Å². The summed E-state index contributed by atoms with van der Waals surface area (Å²) in [5, 5.41) is 11.4. The minimum atomic E-state index is -0.521. The van der Waals surface area contributed by atoms with Gasteiger partial charge in [0.2, 0.25) is 0 Å². The summed E-state index contributed by atoms with van der Waals surface area (Å²) in [6, 6.07) is 2.85. The summed E-state index contributed by atoms with van der Waals surface area (Å²) in [4.78, 5) is 14.3. The van der Waals surface area contributed by atoms with Crippen molar-refractivity contribution in [3.63, 3.8) is 0 Å². The normalized spacial score (nSPS) is 34.1. The van der Waals surface area contributed by atoms with E-state index in [2.05, 4.69) is 19.9 Å². The topological polar surface area (TPSA) is 65.0 Å². The van der Waals surface area contributed by atoms with Crippen molar-refractivity contribution >= 4 is 16.9 Å². The average molecular weight is 258 g/mol. The Morgan fingerprint density at radius 2 is 2.05 bits per heavy atom. The van der Waals surface area contributed by atoms with E-state index in [9.17, 15) is 5.11 Å². The highest BCUT2D eigenvalue weighted by Crippen LogP contribution is 2.43. The molecule has 4 rings (SSSR count). The van der Waals surface area contributed by atoms with Gasteiger partial charge in [0.25, 0.3) is 0 Å². The van der Waals surface area contributed by atoms with Crippen LogP contribution >= 0.6 is 0 Å². The second-order valence-corrected chi connectivity index (χ2v) is 6.13. The Bertz CT molecular complexity index is 605. The number of aliphatic hydroxyl groups is 1. The van der Waals surface area contributed by atoms with Crippen molar-refractivity contribution in [2.75, 3.05) is 4.90 Å². The first kappa shape index (κ1) is 11.2. The molecule has 4 heterocycles. The van der Waals surface area contributed by atoms with Crippen LogP contribution in [0.3, 0.4) is 0 Å². The molecule has 0 spiro atoms. The Hall–Kier alpha value is -1.62. The van der Waals surface area contributed by atoms with Crippen LogP contribution in [0.25, 0.3) is 11.0 Å². The molecule has 2 bridgehead atoms. The summed E-state index contributed by atoms with van der Waals surface area (Å²) in [5.74, 6) is 1.02. The van der Waals surface area contributed by atoms with Crippen LogP contribution in [0, 0.1) is 0 Å². The molecule has 5 heteroatoms. The molecule has 2 aliphatic heterocycles. The van der Waals surface area contributed by atoms with Crippen LogP contribution in [0.4, 0.5) is 5.82 Å². The number of piperidine rings is 1. The van der Waals surface area contributed by atoms with Crippen molar-refractivity contribution in [2.24, 2.45) is 0 Å². The van der Waals surface area contributed by atoms with Gasteiger partial charge in [-0.15, -0.1) is 0 Å². The molecule has 5 nitrogen and oxygen atoms in total. The van der Waals surface area contributed by atoms with E-state index in [1.807, 2.05) is 19.2 Å². The lowest BCUT2D eigenvalue weighted by molar-refractivity contribution is 0.0198. The number of H-pyrrole nitrogens is 1. The van der Waals surface area contributed by atoms with Crippen LogP contribution in [0.5, 0.6) is 0 Å². The van der Waals surface area contributed by atoms with E-state index in [4.69, 9.17) is 0 Å². The van der Waals surface area contributed by atoms with Gasteiger partial charge in [0.05, 0.1) is 11.0 Å². The molecule has 2 atom stereocenters. The van der Waals surface area contributed by atoms with Gasteiger partial charge in [0, 0.05) is 18.3 Å². The van der Waals surface area contributed by atoms with Gasteiger partial charge in [-0.25, -0.2) is 9.97 Å². The van der Waals surface area contributed by atoms with E-state index in [1.54, 1.807) is 6.33 Å². The Kier molecular flexibility index (Phi) is 2.18. The van der Waals surface area contributed by atoms with E-state index in [0.717, 1.165) is 42.5 Å². The van der Waals surface area contributed by atoms with Crippen LogP contribution in [-0.4, -0.2) is 37.7 Å². The molecular weight excluding hydrogens is 240 g/mol. The van der Waals surface area contributed by atoms with Crippen LogP contribution in [0.2, 0.25) is 0 Å². The SMILES string of the molecule is CC1(O)CC2CCC(C1)N2c1ncnc2[nH]ccc12. The van der Waals surface area contributed by atoms with E-state index in [-0.39, 0.29) is 0 Å². The minimum absolute atomic E-state index is 0.404. The number of aromatic nitrogens is 3. The Labute approximate surface area is 111 Å². The molecule has 0 saturated carbocycles. The number of fused-ring (bicyclic) bond motifs is 3.